The van der Waals surface area contributed by atoms with E-state index < -0.39 is 5.97 Å². The predicted molar refractivity (Wildman–Crippen MR) is 37.5 cm³/mol. The van der Waals surface area contributed by atoms with Crippen LogP contribution in [0.25, 0.3) is 0 Å². The third kappa shape index (κ3) is 0.814. The van der Waals surface area contributed by atoms with Crippen LogP contribution in [0, 0.1) is 11.3 Å². The van der Waals surface area contributed by atoms with Gasteiger partial charge in [0.1, 0.15) is 0 Å². The SMILES string of the molecule is CC1(C)[C@H](N)C[C@H]1C(=O)O. The quantitative estimate of drug-likeness (QED) is 0.560. The lowest BCUT2D eigenvalue weighted by Crippen LogP contribution is -2.57. The van der Waals surface area contributed by atoms with E-state index in [1.807, 2.05) is 13.8 Å². The second-order valence-corrected chi connectivity index (χ2v) is 3.55. The highest BCUT2D eigenvalue weighted by atomic mass is 16.4. The van der Waals surface area contributed by atoms with Gasteiger partial charge in [0.05, 0.1) is 5.92 Å². The van der Waals surface area contributed by atoms with E-state index in [1.165, 1.54) is 0 Å². The average Bonchev–Trinajstić information content (AvgIpc) is 1.82. The molecule has 0 bridgehead atoms. The molecule has 1 aliphatic carbocycles. The largest absolute Gasteiger partial charge is 0.481 e. The van der Waals surface area contributed by atoms with Gasteiger partial charge in [-0.3, -0.25) is 4.79 Å². The highest BCUT2D eigenvalue weighted by Crippen LogP contribution is 2.44. The first-order valence-corrected chi connectivity index (χ1v) is 3.44. The van der Waals surface area contributed by atoms with Gasteiger partial charge in [-0.2, -0.15) is 0 Å². The lowest BCUT2D eigenvalue weighted by atomic mass is 9.59. The first kappa shape index (κ1) is 7.54. The smallest absolute Gasteiger partial charge is 0.307 e. The van der Waals surface area contributed by atoms with E-state index in [0.717, 1.165) is 0 Å². The molecule has 2 atom stereocenters. The Kier molecular flexibility index (Phi) is 1.47. The number of rotatable bonds is 1. The molecule has 10 heavy (non-hydrogen) atoms. The molecule has 0 aromatic heterocycles. The molecule has 58 valence electrons. The van der Waals surface area contributed by atoms with Gasteiger partial charge in [-0.05, 0) is 11.8 Å². The van der Waals surface area contributed by atoms with Gasteiger partial charge in [-0.25, -0.2) is 0 Å². The van der Waals surface area contributed by atoms with Crippen LogP contribution >= 0.6 is 0 Å². The maximum Gasteiger partial charge on any atom is 0.307 e. The minimum absolute atomic E-state index is 0.0635. The topological polar surface area (TPSA) is 63.3 Å². The van der Waals surface area contributed by atoms with Crippen molar-refractivity contribution in [3.8, 4) is 0 Å². The summed E-state index contributed by atoms with van der Waals surface area (Å²) in [5.41, 5.74) is 5.42. The highest BCUT2D eigenvalue weighted by Gasteiger charge is 2.49. The van der Waals surface area contributed by atoms with Crippen molar-refractivity contribution in [2.45, 2.75) is 26.3 Å². The third-order valence-electron chi connectivity index (χ3n) is 2.64. The molecule has 1 saturated carbocycles. The van der Waals surface area contributed by atoms with Crippen LogP contribution in [0.15, 0.2) is 0 Å². The van der Waals surface area contributed by atoms with Crippen LogP contribution in [0.3, 0.4) is 0 Å². The van der Waals surface area contributed by atoms with E-state index in [0.29, 0.717) is 6.42 Å². The number of carbonyl (C=O) groups is 1. The summed E-state index contributed by atoms with van der Waals surface area (Å²) in [5.74, 6) is -0.950. The molecular weight excluding hydrogens is 130 g/mol. The fraction of sp³-hybridized carbons (Fsp3) is 0.857. The van der Waals surface area contributed by atoms with Crippen LogP contribution in [-0.2, 0) is 4.79 Å². The Labute approximate surface area is 60.2 Å². The van der Waals surface area contributed by atoms with Gasteiger partial charge in [-0.15, -0.1) is 0 Å². The zero-order valence-electron chi connectivity index (χ0n) is 6.29. The van der Waals surface area contributed by atoms with Crippen molar-refractivity contribution in [3.63, 3.8) is 0 Å². The van der Waals surface area contributed by atoms with E-state index in [1.54, 1.807) is 0 Å². The Morgan fingerprint density at radius 2 is 2.20 bits per heavy atom. The van der Waals surface area contributed by atoms with Crippen LogP contribution in [0.4, 0.5) is 0 Å². The third-order valence-corrected chi connectivity index (χ3v) is 2.64. The summed E-state index contributed by atoms with van der Waals surface area (Å²) >= 11 is 0. The number of aliphatic carboxylic acids is 1. The summed E-state index contributed by atoms with van der Waals surface area (Å²) in [5, 5.41) is 8.63. The monoisotopic (exact) mass is 143 g/mol. The normalized spacial score (nSPS) is 36.7. The van der Waals surface area contributed by atoms with Crippen LogP contribution in [0.5, 0.6) is 0 Å². The molecule has 0 radical (unpaired) electrons. The molecular formula is C7H13NO2. The molecule has 1 rings (SSSR count). The van der Waals surface area contributed by atoms with E-state index in [4.69, 9.17) is 10.8 Å². The highest BCUT2D eigenvalue weighted by molar-refractivity contribution is 5.72. The van der Waals surface area contributed by atoms with Crippen LogP contribution in [-0.4, -0.2) is 17.1 Å². The van der Waals surface area contributed by atoms with Crippen LogP contribution < -0.4 is 5.73 Å². The summed E-state index contributed by atoms with van der Waals surface area (Å²) in [4.78, 5) is 10.5. The minimum Gasteiger partial charge on any atom is -0.481 e. The Bertz CT molecular complexity index is 165. The molecule has 0 spiro atoms. The number of hydrogen-bond donors (Lipinski definition) is 2. The van der Waals surface area contributed by atoms with Crippen molar-refractivity contribution in [2.75, 3.05) is 0 Å². The van der Waals surface area contributed by atoms with Crippen molar-refractivity contribution in [2.24, 2.45) is 17.1 Å². The molecule has 0 aliphatic heterocycles. The molecule has 0 aromatic carbocycles. The zero-order chi connectivity index (χ0) is 7.94. The first-order chi connectivity index (χ1) is 4.46. The second-order valence-electron chi connectivity index (χ2n) is 3.55. The number of hydrogen-bond acceptors (Lipinski definition) is 2. The summed E-state index contributed by atoms with van der Waals surface area (Å²) in [7, 11) is 0. The molecule has 3 N–H and O–H groups in total. The van der Waals surface area contributed by atoms with Crippen molar-refractivity contribution < 1.29 is 9.90 Å². The van der Waals surface area contributed by atoms with Gasteiger partial charge in [0.15, 0.2) is 0 Å². The number of carboxylic acid groups (broad SMARTS) is 1. The molecule has 0 aromatic rings. The lowest BCUT2D eigenvalue weighted by Gasteiger charge is -2.47. The van der Waals surface area contributed by atoms with E-state index in [-0.39, 0.29) is 17.4 Å². The maximum atomic E-state index is 10.5. The molecule has 1 fully saturated rings. The molecule has 1 aliphatic rings. The van der Waals surface area contributed by atoms with Crippen LogP contribution in [0.1, 0.15) is 20.3 Å². The number of carboxylic acids is 1. The van der Waals surface area contributed by atoms with Gasteiger partial charge in [0.25, 0.3) is 0 Å². The summed E-state index contributed by atoms with van der Waals surface area (Å²) in [6.45, 7) is 3.81. The maximum absolute atomic E-state index is 10.5. The Balaban J connectivity index is 2.63. The molecule has 3 heteroatoms. The van der Waals surface area contributed by atoms with Crippen molar-refractivity contribution >= 4 is 5.97 Å². The van der Waals surface area contributed by atoms with Crippen molar-refractivity contribution in [3.05, 3.63) is 0 Å². The van der Waals surface area contributed by atoms with Gasteiger partial charge >= 0.3 is 5.97 Å². The molecule has 0 saturated heterocycles. The van der Waals surface area contributed by atoms with Gasteiger partial charge in [-0.1, -0.05) is 13.8 Å². The fourth-order valence-corrected chi connectivity index (χ4v) is 1.38. The molecule has 0 unspecified atom stereocenters. The predicted octanol–water partition coefficient (Wildman–Crippen LogP) is 0.444. The van der Waals surface area contributed by atoms with E-state index in [9.17, 15) is 4.79 Å². The minimum atomic E-state index is -0.716. The first-order valence-electron chi connectivity index (χ1n) is 3.44. The summed E-state index contributed by atoms with van der Waals surface area (Å²) < 4.78 is 0. The average molecular weight is 143 g/mol. The zero-order valence-corrected chi connectivity index (χ0v) is 6.29. The number of nitrogens with two attached hydrogens (primary N) is 1. The van der Waals surface area contributed by atoms with E-state index >= 15 is 0 Å². The van der Waals surface area contributed by atoms with Crippen LogP contribution in [0.2, 0.25) is 0 Å². The van der Waals surface area contributed by atoms with Crippen molar-refractivity contribution in [1.29, 1.82) is 0 Å². The molecule has 3 nitrogen and oxygen atoms in total. The fourth-order valence-electron chi connectivity index (χ4n) is 1.38. The van der Waals surface area contributed by atoms with Gasteiger partial charge in [0.2, 0.25) is 0 Å². The second kappa shape index (κ2) is 1.95. The Morgan fingerprint density at radius 1 is 1.70 bits per heavy atom. The van der Waals surface area contributed by atoms with Crippen molar-refractivity contribution in [1.82, 2.24) is 0 Å². The standard InChI is InChI=1S/C7H13NO2/c1-7(2)4(6(9)10)3-5(7)8/h4-5H,3,8H2,1-2H3,(H,9,10)/t4-,5+/m0/s1. The van der Waals surface area contributed by atoms with E-state index in [2.05, 4.69) is 0 Å². The molecule has 0 heterocycles. The summed E-state index contributed by atoms with van der Waals surface area (Å²) in [6.07, 6.45) is 0.627. The van der Waals surface area contributed by atoms with Gasteiger partial charge < -0.3 is 10.8 Å². The Morgan fingerprint density at radius 3 is 2.30 bits per heavy atom. The summed E-state index contributed by atoms with van der Waals surface area (Å²) in [6, 6.07) is 0.0635. The molecule has 0 amide bonds. The van der Waals surface area contributed by atoms with Gasteiger partial charge in [0, 0.05) is 6.04 Å². The lowest BCUT2D eigenvalue weighted by molar-refractivity contribution is -0.153. The Hall–Kier alpha value is -0.570.